The van der Waals surface area contributed by atoms with Gasteiger partial charge in [-0.2, -0.15) is 0 Å². The average Bonchev–Trinajstić information content (AvgIpc) is 2.85. The van der Waals surface area contributed by atoms with Gasteiger partial charge in [-0.25, -0.2) is 13.6 Å². The summed E-state index contributed by atoms with van der Waals surface area (Å²) in [5.74, 6) is -3.89. The summed E-state index contributed by atoms with van der Waals surface area (Å²) in [6.07, 6.45) is 0.531. The van der Waals surface area contributed by atoms with E-state index in [1.807, 2.05) is 6.92 Å². The molecule has 6 nitrogen and oxygen atoms in total. The molecule has 0 aliphatic rings. The molecule has 8 heteroatoms. The highest BCUT2D eigenvalue weighted by Crippen LogP contribution is 2.24. The van der Waals surface area contributed by atoms with Gasteiger partial charge >= 0.3 is 5.97 Å². The van der Waals surface area contributed by atoms with Gasteiger partial charge in [0.15, 0.2) is 24.0 Å². The third-order valence-electron chi connectivity index (χ3n) is 2.40. The molecule has 0 amide bonds. The van der Waals surface area contributed by atoms with Crippen LogP contribution in [0.3, 0.4) is 0 Å². The first kappa shape index (κ1) is 13.9. The molecule has 0 atom stereocenters. The number of hydrogen-bond acceptors (Lipinski definition) is 5. The Labute approximate surface area is 112 Å². The maximum absolute atomic E-state index is 13.6. The molecule has 0 aliphatic carbocycles. The number of halogens is 2. The van der Waals surface area contributed by atoms with Crippen LogP contribution in [-0.4, -0.2) is 21.3 Å². The Morgan fingerprint density at radius 1 is 1.30 bits per heavy atom. The van der Waals surface area contributed by atoms with Gasteiger partial charge in [0.25, 0.3) is 5.89 Å². The zero-order chi connectivity index (χ0) is 14.7. The van der Waals surface area contributed by atoms with Gasteiger partial charge in [-0.3, -0.25) is 0 Å². The number of carboxylic acids is 1. The van der Waals surface area contributed by atoms with Crippen molar-refractivity contribution in [2.45, 2.75) is 20.0 Å². The van der Waals surface area contributed by atoms with Crippen LogP contribution in [0, 0.1) is 11.6 Å². The van der Waals surface area contributed by atoms with E-state index in [1.54, 1.807) is 0 Å². The summed E-state index contributed by atoms with van der Waals surface area (Å²) < 4.78 is 37.1. The molecular weight excluding hydrogens is 274 g/mol. The number of aromatic nitrogens is 2. The van der Waals surface area contributed by atoms with E-state index in [0.717, 1.165) is 0 Å². The van der Waals surface area contributed by atoms with E-state index in [-0.39, 0.29) is 12.5 Å². The summed E-state index contributed by atoms with van der Waals surface area (Å²) in [6, 6.07) is 1.35. The summed E-state index contributed by atoms with van der Waals surface area (Å²) >= 11 is 0. The Balaban J connectivity index is 2.15. The smallest absolute Gasteiger partial charge is 0.335 e. The number of aromatic carboxylic acids is 1. The third-order valence-corrected chi connectivity index (χ3v) is 2.40. The number of aryl methyl sites for hydroxylation is 1. The van der Waals surface area contributed by atoms with Crippen molar-refractivity contribution in [2.24, 2.45) is 0 Å². The number of benzene rings is 1. The van der Waals surface area contributed by atoms with Crippen molar-refractivity contribution in [3.63, 3.8) is 0 Å². The molecule has 0 unspecified atom stereocenters. The Kier molecular flexibility index (Phi) is 3.92. The normalized spacial score (nSPS) is 10.6. The molecule has 1 aromatic heterocycles. The second-order valence-corrected chi connectivity index (χ2v) is 3.81. The lowest BCUT2D eigenvalue weighted by Gasteiger charge is -2.07. The number of nitrogens with zero attached hydrogens (tertiary/aromatic N) is 2. The highest BCUT2D eigenvalue weighted by Gasteiger charge is 2.17. The first-order valence-electron chi connectivity index (χ1n) is 5.67. The molecule has 106 valence electrons. The zero-order valence-electron chi connectivity index (χ0n) is 10.4. The van der Waals surface area contributed by atoms with Gasteiger partial charge < -0.3 is 14.3 Å². The Morgan fingerprint density at radius 2 is 1.90 bits per heavy atom. The maximum Gasteiger partial charge on any atom is 0.335 e. The van der Waals surface area contributed by atoms with Gasteiger partial charge in [-0.1, -0.05) is 6.92 Å². The SMILES string of the molecule is CCc1nnc(COc2c(F)cc(C(=O)O)cc2F)o1. The summed E-state index contributed by atoms with van der Waals surface area (Å²) in [4.78, 5) is 10.6. The quantitative estimate of drug-likeness (QED) is 0.905. The minimum atomic E-state index is -1.43. The Hall–Kier alpha value is -2.51. The van der Waals surface area contributed by atoms with Gasteiger partial charge in [-0.05, 0) is 12.1 Å². The highest BCUT2D eigenvalue weighted by atomic mass is 19.1. The standard InChI is InChI=1S/C12H10F2N2O4/c1-2-9-15-16-10(20-9)5-19-11-7(13)3-6(12(17)18)4-8(11)14/h3-4H,2,5H2,1H3,(H,17,18). The molecule has 0 aliphatic heterocycles. The highest BCUT2D eigenvalue weighted by molar-refractivity contribution is 5.87. The second-order valence-electron chi connectivity index (χ2n) is 3.81. The molecule has 0 saturated heterocycles. The molecule has 0 bridgehead atoms. The lowest BCUT2D eigenvalue weighted by Crippen LogP contribution is -2.04. The summed E-state index contributed by atoms with van der Waals surface area (Å²) in [5, 5.41) is 15.9. The van der Waals surface area contributed by atoms with Gasteiger partial charge in [0.1, 0.15) is 0 Å². The predicted octanol–water partition coefficient (Wildman–Crippen LogP) is 2.19. The molecule has 1 N–H and O–H groups in total. The maximum atomic E-state index is 13.6. The zero-order valence-corrected chi connectivity index (χ0v) is 10.4. The van der Waals surface area contributed by atoms with E-state index in [0.29, 0.717) is 24.4 Å². The number of carbonyl (C=O) groups is 1. The van der Waals surface area contributed by atoms with E-state index in [1.165, 1.54) is 0 Å². The number of ether oxygens (including phenoxy) is 1. The monoisotopic (exact) mass is 284 g/mol. The molecule has 1 heterocycles. The molecule has 0 radical (unpaired) electrons. The lowest BCUT2D eigenvalue weighted by molar-refractivity contribution is 0.0695. The largest absolute Gasteiger partial charge is 0.478 e. The fourth-order valence-electron chi connectivity index (χ4n) is 1.44. The Morgan fingerprint density at radius 3 is 2.40 bits per heavy atom. The van der Waals surface area contributed by atoms with Crippen molar-refractivity contribution in [3.8, 4) is 5.75 Å². The fraction of sp³-hybridized carbons (Fsp3) is 0.250. The van der Waals surface area contributed by atoms with Crippen LogP contribution in [0.1, 0.15) is 29.1 Å². The van der Waals surface area contributed by atoms with Gasteiger partial charge in [0.05, 0.1) is 5.56 Å². The van der Waals surface area contributed by atoms with E-state index in [2.05, 4.69) is 10.2 Å². The summed E-state index contributed by atoms with van der Waals surface area (Å²) in [7, 11) is 0. The predicted molar refractivity (Wildman–Crippen MR) is 61.3 cm³/mol. The molecule has 1 aromatic carbocycles. The van der Waals surface area contributed by atoms with Crippen LogP contribution in [0.4, 0.5) is 8.78 Å². The van der Waals surface area contributed by atoms with Gasteiger partial charge in [-0.15, -0.1) is 10.2 Å². The molecule has 20 heavy (non-hydrogen) atoms. The van der Waals surface area contributed by atoms with Crippen molar-refractivity contribution < 1.29 is 27.8 Å². The van der Waals surface area contributed by atoms with Crippen molar-refractivity contribution in [2.75, 3.05) is 0 Å². The van der Waals surface area contributed by atoms with Gasteiger partial charge in [0.2, 0.25) is 5.89 Å². The molecule has 0 saturated carbocycles. The van der Waals surface area contributed by atoms with Crippen LogP contribution in [0.25, 0.3) is 0 Å². The third kappa shape index (κ3) is 2.90. The minimum absolute atomic E-state index is 0.0722. The topological polar surface area (TPSA) is 85.5 Å². The summed E-state index contributed by atoms with van der Waals surface area (Å²) in [5.41, 5.74) is -0.501. The van der Waals surface area contributed by atoms with E-state index in [9.17, 15) is 13.6 Å². The van der Waals surface area contributed by atoms with Crippen molar-refractivity contribution in [1.29, 1.82) is 0 Å². The fourth-order valence-corrected chi connectivity index (χ4v) is 1.44. The van der Waals surface area contributed by atoms with Crippen LogP contribution in [0.5, 0.6) is 5.75 Å². The molecule has 2 aromatic rings. The molecular formula is C12H10F2N2O4. The van der Waals surface area contributed by atoms with E-state index >= 15 is 0 Å². The first-order chi connectivity index (χ1) is 9.51. The molecule has 0 spiro atoms. The Bertz CT molecular complexity index is 619. The van der Waals surface area contributed by atoms with E-state index < -0.39 is 28.9 Å². The van der Waals surface area contributed by atoms with Crippen LogP contribution in [-0.2, 0) is 13.0 Å². The lowest BCUT2D eigenvalue weighted by atomic mass is 10.2. The first-order valence-corrected chi connectivity index (χ1v) is 5.67. The molecule has 0 fully saturated rings. The second kappa shape index (κ2) is 5.64. The van der Waals surface area contributed by atoms with Crippen molar-refractivity contribution >= 4 is 5.97 Å². The van der Waals surface area contributed by atoms with Crippen molar-refractivity contribution in [1.82, 2.24) is 10.2 Å². The van der Waals surface area contributed by atoms with Crippen LogP contribution in [0.2, 0.25) is 0 Å². The molecule has 2 rings (SSSR count). The van der Waals surface area contributed by atoms with Crippen molar-refractivity contribution in [3.05, 3.63) is 41.1 Å². The average molecular weight is 284 g/mol. The summed E-state index contributed by atoms with van der Waals surface area (Å²) in [6.45, 7) is 1.50. The van der Waals surface area contributed by atoms with Gasteiger partial charge in [0, 0.05) is 6.42 Å². The number of rotatable bonds is 5. The number of hydrogen-bond donors (Lipinski definition) is 1. The van der Waals surface area contributed by atoms with E-state index in [4.69, 9.17) is 14.3 Å². The minimum Gasteiger partial charge on any atom is -0.478 e. The van der Waals surface area contributed by atoms with Crippen LogP contribution >= 0.6 is 0 Å². The number of carboxylic acid groups (broad SMARTS) is 1. The van der Waals surface area contributed by atoms with Crippen LogP contribution in [0.15, 0.2) is 16.5 Å². The van der Waals surface area contributed by atoms with Crippen LogP contribution < -0.4 is 4.74 Å².